The third-order valence-corrected chi connectivity index (χ3v) is 3.26. The monoisotopic (exact) mass is 310 g/mol. The van der Waals surface area contributed by atoms with Crippen molar-refractivity contribution >= 4 is 22.6 Å². The number of methoxy groups -OCH3 is 2. The molecule has 3 rings (SSSR count). The number of carbonyl (C=O) groups excluding carboxylic acids is 1. The zero-order valence-corrected chi connectivity index (χ0v) is 12.6. The van der Waals surface area contributed by atoms with E-state index in [9.17, 15) is 4.79 Å². The Hall–Kier alpha value is -3.22. The van der Waals surface area contributed by atoms with Crippen molar-refractivity contribution in [2.24, 2.45) is 0 Å². The molecule has 0 radical (unpaired) electrons. The average Bonchev–Trinajstić information content (AvgIpc) is 2.61. The van der Waals surface area contributed by atoms with E-state index in [-0.39, 0.29) is 5.91 Å². The highest BCUT2D eigenvalue weighted by atomic mass is 16.5. The summed E-state index contributed by atoms with van der Waals surface area (Å²) in [4.78, 5) is 24.8. The number of fused-ring (bicyclic) bond motifs is 1. The predicted molar refractivity (Wildman–Crippen MR) is 84.8 cm³/mol. The van der Waals surface area contributed by atoms with Crippen LogP contribution in [0.2, 0.25) is 0 Å². The van der Waals surface area contributed by atoms with Crippen molar-refractivity contribution in [1.29, 1.82) is 0 Å². The first-order valence-electron chi connectivity index (χ1n) is 6.81. The quantitative estimate of drug-likeness (QED) is 0.795. The van der Waals surface area contributed by atoms with Gasteiger partial charge < -0.3 is 14.8 Å². The van der Waals surface area contributed by atoms with Gasteiger partial charge in [-0.15, -0.1) is 0 Å². The molecule has 0 saturated carbocycles. The second-order valence-electron chi connectivity index (χ2n) is 4.61. The van der Waals surface area contributed by atoms with Gasteiger partial charge in [0, 0.05) is 30.9 Å². The van der Waals surface area contributed by atoms with Crippen LogP contribution in [-0.2, 0) is 0 Å². The van der Waals surface area contributed by atoms with E-state index in [0.29, 0.717) is 33.8 Å². The smallest absolute Gasteiger partial charge is 0.257 e. The molecule has 3 aromatic rings. The summed E-state index contributed by atoms with van der Waals surface area (Å²) in [7, 11) is 3.04. The summed E-state index contributed by atoms with van der Waals surface area (Å²) in [6, 6.07) is 5.02. The minimum Gasteiger partial charge on any atom is -0.494 e. The Kier molecular flexibility index (Phi) is 4.01. The van der Waals surface area contributed by atoms with Crippen LogP contribution in [0.15, 0.2) is 43.0 Å². The number of nitrogens with zero attached hydrogens (tertiary/aromatic N) is 3. The topological polar surface area (TPSA) is 86.2 Å². The molecule has 1 amide bonds. The Labute approximate surface area is 132 Å². The van der Waals surface area contributed by atoms with Gasteiger partial charge in [0.05, 0.1) is 25.5 Å². The van der Waals surface area contributed by atoms with Gasteiger partial charge in [-0.05, 0) is 12.1 Å². The Morgan fingerprint density at radius 2 is 1.87 bits per heavy atom. The van der Waals surface area contributed by atoms with E-state index in [1.54, 1.807) is 36.8 Å². The van der Waals surface area contributed by atoms with Gasteiger partial charge >= 0.3 is 0 Å². The lowest BCUT2D eigenvalue weighted by atomic mass is 10.2. The Balaban J connectivity index is 2.08. The number of anilines is 1. The van der Waals surface area contributed by atoms with Gasteiger partial charge in [-0.25, -0.2) is 9.97 Å². The summed E-state index contributed by atoms with van der Waals surface area (Å²) in [5.41, 5.74) is 1.96. The number of ether oxygens (including phenoxy) is 2. The van der Waals surface area contributed by atoms with E-state index < -0.39 is 0 Å². The second-order valence-corrected chi connectivity index (χ2v) is 4.61. The van der Waals surface area contributed by atoms with Crippen LogP contribution in [0.3, 0.4) is 0 Å². The second kappa shape index (κ2) is 6.27. The highest BCUT2D eigenvalue weighted by molar-refractivity contribution is 6.07. The molecule has 0 spiro atoms. The molecular weight excluding hydrogens is 296 g/mol. The normalized spacial score (nSPS) is 10.3. The largest absolute Gasteiger partial charge is 0.494 e. The first-order valence-corrected chi connectivity index (χ1v) is 6.81. The SMILES string of the molecule is COc1cc(NC(=O)c2cccnc2)c(OC)c2nccnc12. The number of rotatable bonds is 4. The number of amides is 1. The molecule has 1 aromatic carbocycles. The molecule has 0 atom stereocenters. The van der Waals surface area contributed by atoms with Crippen molar-refractivity contribution in [1.82, 2.24) is 15.0 Å². The van der Waals surface area contributed by atoms with Crippen LogP contribution in [0.4, 0.5) is 5.69 Å². The summed E-state index contributed by atoms with van der Waals surface area (Å²) < 4.78 is 10.7. The fourth-order valence-corrected chi connectivity index (χ4v) is 2.22. The highest BCUT2D eigenvalue weighted by Gasteiger charge is 2.17. The molecule has 7 heteroatoms. The molecule has 0 saturated heterocycles. The van der Waals surface area contributed by atoms with E-state index in [2.05, 4.69) is 20.3 Å². The number of carbonyl (C=O) groups is 1. The lowest BCUT2D eigenvalue weighted by molar-refractivity contribution is 0.102. The van der Waals surface area contributed by atoms with Gasteiger partial charge in [0.15, 0.2) is 5.75 Å². The van der Waals surface area contributed by atoms with Gasteiger partial charge in [-0.3, -0.25) is 9.78 Å². The van der Waals surface area contributed by atoms with Crippen LogP contribution < -0.4 is 14.8 Å². The van der Waals surface area contributed by atoms with E-state index in [1.165, 1.54) is 20.4 Å². The molecule has 0 bridgehead atoms. The summed E-state index contributed by atoms with van der Waals surface area (Å²) in [5.74, 6) is 0.614. The van der Waals surface area contributed by atoms with E-state index in [0.717, 1.165) is 0 Å². The van der Waals surface area contributed by atoms with Crippen molar-refractivity contribution in [3.63, 3.8) is 0 Å². The number of hydrogen-bond acceptors (Lipinski definition) is 6. The minimum absolute atomic E-state index is 0.304. The Bertz CT molecular complexity index is 853. The van der Waals surface area contributed by atoms with Crippen molar-refractivity contribution in [2.45, 2.75) is 0 Å². The Morgan fingerprint density at radius 1 is 1.09 bits per heavy atom. The van der Waals surface area contributed by atoms with Gasteiger partial charge in [0.25, 0.3) is 5.91 Å². The van der Waals surface area contributed by atoms with Crippen LogP contribution in [-0.4, -0.2) is 35.1 Å². The third-order valence-electron chi connectivity index (χ3n) is 3.26. The molecule has 2 aromatic heterocycles. The maximum absolute atomic E-state index is 12.3. The standard InChI is InChI=1S/C16H14N4O3/c1-22-12-8-11(20-16(21)10-4-3-5-17-9-10)15(23-2)14-13(12)18-6-7-19-14/h3-9H,1-2H3,(H,20,21). The number of pyridine rings is 1. The maximum atomic E-state index is 12.3. The van der Waals surface area contributed by atoms with E-state index in [4.69, 9.17) is 9.47 Å². The lowest BCUT2D eigenvalue weighted by Gasteiger charge is -2.14. The number of nitrogens with one attached hydrogen (secondary N) is 1. The first kappa shape index (κ1) is 14.7. The van der Waals surface area contributed by atoms with Crippen molar-refractivity contribution in [3.05, 3.63) is 48.5 Å². The fourth-order valence-electron chi connectivity index (χ4n) is 2.22. The van der Waals surface area contributed by atoms with E-state index in [1.807, 2.05) is 0 Å². The molecular formula is C16H14N4O3. The fraction of sp³-hybridized carbons (Fsp3) is 0.125. The third kappa shape index (κ3) is 2.76. The van der Waals surface area contributed by atoms with Crippen LogP contribution in [0.1, 0.15) is 10.4 Å². The van der Waals surface area contributed by atoms with Crippen LogP contribution >= 0.6 is 0 Å². The molecule has 2 heterocycles. The molecule has 7 nitrogen and oxygen atoms in total. The Morgan fingerprint density at radius 3 is 2.52 bits per heavy atom. The van der Waals surface area contributed by atoms with Gasteiger partial charge in [-0.1, -0.05) is 0 Å². The van der Waals surface area contributed by atoms with Crippen molar-refractivity contribution in [2.75, 3.05) is 19.5 Å². The molecule has 0 fully saturated rings. The molecule has 0 aliphatic carbocycles. The zero-order chi connectivity index (χ0) is 16.2. The highest BCUT2D eigenvalue weighted by Crippen LogP contribution is 2.37. The molecule has 0 unspecified atom stereocenters. The summed E-state index contributed by atoms with van der Waals surface area (Å²) >= 11 is 0. The summed E-state index contributed by atoms with van der Waals surface area (Å²) in [6.07, 6.45) is 6.21. The first-order chi connectivity index (χ1) is 11.2. The van der Waals surface area contributed by atoms with Gasteiger partial charge in [0.1, 0.15) is 16.8 Å². The predicted octanol–water partition coefficient (Wildman–Crippen LogP) is 2.29. The lowest BCUT2D eigenvalue weighted by Crippen LogP contribution is -2.13. The van der Waals surface area contributed by atoms with E-state index >= 15 is 0 Å². The van der Waals surface area contributed by atoms with Crippen LogP contribution in [0, 0.1) is 0 Å². The number of aromatic nitrogens is 3. The summed E-state index contributed by atoms with van der Waals surface area (Å²) in [6.45, 7) is 0. The summed E-state index contributed by atoms with van der Waals surface area (Å²) in [5, 5.41) is 2.79. The minimum atomic E-state index is -0.304. The van der Waals surface area contributed by atoms with Crippen LogP contribution in [0.25, 0.3) is 11.0 Å². The van der Waals surface area contributed by atoms with Crippen molar-refractivity contribution in [3.8, 4) is 11.5 Å². The molecule has 0 aliphatic heterocycles. The average molecular weight is 310 g/mol. The molecule has 23 heavy (non-hydrogen) atoms. The van der Waals surface area contributed by atoms with Gasteiger partial charge in [0.2, 0.25) is 0 Å². The molecule has 0 aliphatic rings. The zero-order valence-electron chi connectivity index (χ0n) is 12.6. The van der Waals surface area contributed by atoms with Crippen molar-refractivity contribution < 1.29 is 14.3 Å². The van der Waals surface area contributed by atoms with Gasteiger partial charge in [-0.2, -0.15) is 0 Å². The molecule has 116 valence electrons. The number of benzene rings is 1. The van der Waals surface area contributed by atoms with Crippen LogP contribution in [0.5, 0.6) is 11.5 Å². The molecule has 1 N–H and O–H groups in total. The maximum Gasteiger partial charge on any atom is 0.257 e. The number of hydrogen-bond donors (Lipinski definition) is 1.